The molecule has 2 aromatic carbocycles. The molecule has 1 amide bonds. The molecule has 0 bridgehead atoms. The van der Waals surface area contributed by atoms with Gasteiger partial charge in [0.1, 0.15) is 5.56 Å². The number of pyridine rings is 2. The number of primary amides is 1. The number of anilines is 1. The Morgan fingerprint density at radius 3 is 2.36 bits per heavy atom. The van der Waals surface area contributed by atoms with Crippen LogP contribution in [-0.4, -0.2) is 28.5 Å². The zero-order valence-corrected chi connectivity index (χ0v) is 19.3. The number of aromatic nitrogens is 2. The van der Waals surface area contributed by atoms with Crippen LogP contribution in [0.4, 0.5) is 5.69 Å². The molecule has 2 N–H and O–H groups in total. The fraction of sp³-hybridized carbons (Fsp3) is 0.296. The van der Waals surface area contributed by atoms with Crippen molar-refractivity contribution < 1.29 is 4.79 Å². The van der Waals surface area contributed by atoms with Crippen molar-refractivity contribution >= 4 is 33.4 Å². The molecule has 1 fully saturated rings. The predicted octanol–water partition coefficient (Wildman–Crippen LogP) is 4.05. The molecule has 1 aliphatic heterocycles. The van der Waals surface area contributed by atoms with E-state index in [-0.39, 0.29) is 16.5 Å². The zero-order chi connectivity index (χ0) is 23.3. The van der Waals surface area contributed by atoms with E-state index < -0.39 is 5.91 Å². The van der Waals surface area contributed by atoms with Crippen molar-refractivity contribution in [3.8, 4) is 0 Å². The number of hydrogen-bond donors (Lipinski definition) is 1. The molecule has 0 unspecified atom stereocenters. The summed E-state index contributed by atoms with van der Waals surface area (Å²) in [5.74, 6) is -0.684. The topological polar surface area (TPSA) is 81.2 Å². The molecule has 6 heteroatoms. The lowest BCUT2D eigenvalue weighted by molar-refractivity contribution is 0.0999. The van der Waals surface area contributed by atoms with Crippen molar-refractivity contribution in [2.75, 3.05) is 18.0 Å². The average Bonchev–Trinajstić information content (AvgIpc) is 2.82. The number of benzene rings is 2. The summed E-state index contributed by atoms with van der Waals surface area (Å²) >= 11 is 0. The Hall–Kier alpha value is -3.67. The van der Waals surface area contributed by atoms with Gasteiger partial charge in [-0.3, -0.25) is 14.6 Å². The molecule has 33 heavy (non-hydrogen) atoms. The maximum atomic E-state index is 13.0. The number of amides is 1. The maximum Gasteiger partial charge on any atom is 0.265 e. The second-order valence-electron chi connectivity index (χ2n) is 9.36. The minimum absolute atomic E-state index is 0.0690. The van der Waals surface area contributed by atoms with Gasteiger partial charge in [-0.05, 0) is 43.5 Å². The highest BCUT2D eigenvalue weighted by molar-refractivity contribution is 6.07. The van der Waals surface area contributed by atoms with Gasteiger partial charge in [0, 0.05) is 42.0 Å². The van der Waals surface area contributed by atoms with Crippen molar-refractivity contribution in [3.63, 3.8) is 0 Å². The summed E-state index contributed by atoms with van der Waals surface area (Å²) in [4.78, 5) is 32.5. The summed E-state index contributed by atoms with van der Waals surface area (Å²) in [7, 11) is 1.68. The number of carbonyl (C=O) groups is 1. The first kappa shape index (κ1) is 21.2. The fourth-order valence-electron chi connectivity index (χ4n) is 5.17. The second-order valence-corrected chi connectivity index (χ2v) is 9.36. The van der Waals surface area contributed by atoms with E-state index >= 15 is 0 Å². The summed E-state index contributed by atoms with van der Waals surface area (Å²) in [6.45, 7) is 5.82. The van der Waals surface area contributed by atoms with Crippen molar-refractivity contribution in [1.29, 1.82) is 0 Å². The lowest BCUT2D eigenvalue weighted by Gasteiger charge is -2.41. The first-order valence-electron chi connectivity index (χ1n) is 11.3. The molecule has 0 spiro atoms. The fourth-order valence-corrected chi connectivity index (χ4v) is 5.17. The molecular weight excluding hydrogens is 412 g/mol. The Morgan fingerprint density at radius 1 is 1.03 bits per heavy atom. The normalized spacial score (nSPS) is 15.8. The number of hydrogen-bond acceptors (Lipinski definition) is 4. The quantitative estimate of drug-likeness (QED) is 0.521. The largest absolute Gasteiger partial charge is 0.370 e. The van der Waals surface area contributed by atoms with Gasteiger partial charge in [-0.25, -0.2) is 0 Å². The standard InChI is InChI=1S/C27H28N4O2/c1-17-16-22(29-20-10-6-4-8-18(17)20)27(2)12-14-31(15-13-27)24-19-9-5-7-11-21(19)30(3)26(33)23(24)25(28)32/h4-11,16H,12-15H2,1-3H3,(H2,28,32). The Kier molecular flexibility index (Phi) is 4.96. The average molecular weight is 441 g/mol. The van der Waals surface area contributed by atoms with E-state index in [1.807, 2.05) is 36.4 Å². The van der Waals surface area contributed by atoms with Gasteiger partial charge in [-0.2, -0.15) is 0 Å². The van der Waals surface area contributed by atoms with Gasteiger partial charge in [0.2, 0.25) is 0 Å². The van der Waals surface area contributed by atoms with Gasteiger partial charge in [0.05, 0.1) is 16.7 Å². The van der Waals surface area contributed by atoms with Crippen molar-refractivity contribution in [2.45, 2.75) is 32.1 Å². The van der Waals surface area contributed by atoms with Gasteiger partial charge >= 0.3 is 0 Å². The molecule has 4 aromatic rings. The predicted molar refractivity (Wildman–Crippen MR) is 133 cm³/mol. The third-order valence-electron chi connectivity index (χ3n) is 7.25. The van der Waals surface area contributed by atoms with Crippen LogP contribution in [0.25, 0.3) is 21.8 Å². The van der Waals surface area contributed by atoms with Crippen LogP contribution in [0.3, 0.4) is 0 Å². The zero-order valence-electron chi connectivity index (χ0n) is 19.3. The third-order valence-corrected chi connectivity index (χ3v) is 7.25. The van der Waals surface area contributed by atoms with Crippen LogP contribution < -0.4 is 16.2 Å². The highest BCUT2D eigenvalue weighted by Crippen LogP contribution is 2.39. The van der Waals surface area contributed by atoms with Crippen molar-refractivity contribution in [1.82, 2.24) is 9.55 Å². The molecule has 1 saturated heterocycles. The Labute approximate surface area is 192 Å². The molecule has 0 aliphatic carbocycles. The lowest BCUT2D eigenvalue weighted by atomic mass is 9.76. The number of rotatable bonds is 3. The summed E-state index contributed by atoms with van der Waals surface area (Å²) in [6, 6.07) is 18.1. The van der Waals surface area contributed by atoms with Gasteiger partial charge < -0.3 is 15.2 Å². The van der Waals surface area contributed by atoms with E-state index in [1.165, 1.54) is 15.5 Å². The van der Waals surface area contributed by atoms with Gasteiger partial charge in [-0.15, -0.1) is 0 Å². The summed E-state index contributed by atoms with van der Waals surface area (Å²) in [5, 5.41) is 2.05. The van der Waals surface area contributed by atoms with Crippen LogP contribution in [0.5, 0.6) is 0 Å². The van der Waals surface area contributed by atoms with Gasteiger partial charge in [0.25, 0.3) is 11.5 Å². The second kappa shape index (κ2) is 7.73. The van der Waals surface area contributed by atoms with E-state index in [9.17, 15) is 9.59 Å². The Morgan fingerprint density at radius 2 is 1.67 bits per heavy atom. The van der Waals surface area contributed by atoms with Crippen LogP contribution in [0, 0.1) is 6.92 Å². The molecule has 2 aromatic heterocycles. The van der Waals surface area contributed by atoms with E-state index in [4.69, 9.17) is 10.7 Å². The number of piperidine rings is 1. The van der Waals surface area contributed by atoms with Crippen molar-refractivity contribution in [3.05, 3.63) is 81.8 Å². The minimum atomic E-state index is -0.684. The lowest BCUT2D eigenvalue weighted by Crippen LogP contribution is -2.43. The molecule has 6 nitrogen and oxygen atoms in total. The third kappa shape index (κ3) is 3.37. The molecular formula is C27H28N4O2. The highest BCUT2D eigenvalue weighted by Gasteiger charge is 2.35. The van der Waals surface area contributed by atoms with E-state index in [2.05, 4.69) is 36.9 Å². The SMILES string of the molecule is Cc1cc(C2(C)CCN(c3c(C(N)=O)c(=O)n(C)c4ccccc34)CC2)nc2ccccc12. The van der Waals surface area contributed by atoms with Crippen LogP contribution in [0.2, 0.25) is 0 Å². The van der Waals surface area contributed by atoms with Crippen LogP contribution >= 0.6 is 0 Å². The van der Waals surface area contributed by atoms with E-state index in [0.29, 0.717) is 18.8 Å². The number of aryl methyl sites for hydroxylation is 2. The maximum absolute atomic E-state index is 13.0. The molecule has 5 rings (SSSR count). The monoisotopic (exact) mass is 440 g/mol. The first-order chi connectivity index (χ1) is 15.8. The van der Waals surface area contributed by atoms with E-state index in [0.717, 1.165) is 35.0 Å². The molecule has 0 saturated carbocycles. The Bertz CT molecular complexity index is 1460. The summed E-state index contributed by atoms with van der Waals surface area (Å²) in [6.07, 6.45) is 1.72. The van der Waals surface area contributed by atoms with Crippen LogP contribution in [0.1, 0.15) is 41.4 Å². The van der Waals surface area contributed by atoms with Crippen molar-refractivity contribution in [2.24, 2.45) is 12.8 Å². The number of nitrogens with two attached hydrogens (primary N) is 1. The summed E-state index contributed by atoms with van der Waals surface area (Å²) < 4.78 is 1.51. The minimum Gasteiger partial charge on any atom is -0.370 e. The molecule has 3 heterocycles. The molecule has 168 valence electrons. The molecule has 0 radical (unpaired) electrons. The number of nitrogens with zero attached hydrogens (tertiary/aromatic N) is 3. The van der Waals surface area contributed by atoms with Gasteiger partial charge in [0.15, 0.2) is 0 Å². The highest BCUT2D eigenvalue weighted by atomic mass is 16.2. The smallest absolute Gasteiger partial charge is 0.265 e. The first-order valence-corrected chi connectivity index (χ1v) is 11.3. The number of fused-ring (bicyclic) bond motifs is 2. The molecule has 0 atom stereocenters. The van der Waals surface area contributed by atoms with E-state index in [1.54, 1.807) is 7.05 Å². The van der Waals surface area contributed by atoms with Gasteiger partial charge in [-0.1, -0.05) is 43.3 Å². The van der Waals surface area contributed by atoms with Crippen LogP contribution in [-0.2, 0) is 12.5 Å². The summed E-state index contributed by atoms with van der Waals surface area (Å²) in [5.41, 5.74) is 10.1. The number of para-hydroxylation sites is 2. The number of carbonyl (C=O) groups excluding carboxylic acids is 1. The molecule has 1 aliphatic rings. The van der Waals surface area contributed by atoms with Crippen LogP contribution in [0.15, 0.2) is 59.4 Å². The Balaban J connectivity index is 1.55.